The number of ether oxygens (including phenoxy) is 2. The zero-order valence-corrected chi connectivity index (χ0v) is 10.2. The van der Waals surface area contributed by atoms with Gasteiger partial charge in [-0.15, -0.1) is 0 Å². The third-order valence-corrected chi connectivity index (χ3v) is 2.20. The second-order valence-electron chi connectivity index (χ2n) is 3.39. The molecule has 7 nitrogen and oxygen atoms in total. The SMILES string of the molecule is CCOC(=O)CC(C(=O)OCC)C(C)[N+](=O)[O-]. The van der Waals surface area contributed by atoms with Crippen molar-refractivity contribution in [1.82, 2.24) is 0 Å². The Hall–Kier alpha value is -1.66. The van der Waals surface area contributed by atoms with Gasteiger partial charge in [0.2, 0.25) is 6.04 Å². The Labute approximate surface area is 99.2 Å². The van der Waals surface area contributed by atoms with Gasteiger partial charge in [-0.25, -0.2) is 0 Å². The van der Waals surface area contributed by atoms with Crippen LogP contribution in [0.3, 0.4) is 0 Å². The molecular formula is C10H17NO6. The minimum absolute atomic E-state index is 0.114. The molecule has 2 unspecified atom stereocenters. The van der Waals surface area contributed by atoms with E-state index in [1.165, 1.54) is 6.92 Å². The lowest BCUT2D eigenvalue weighted by atomic mass is 9.98. The quantitative estimate of drug-likeness (QED) is 0.375. The van der Waals surface area contributed by atoms with Gasteiger partial charge in [-0.2, -0.15) is 0 Å². The summed E-state index contributed by atoms with van der Waals surface area (Å²) in [5.74, 6) is -2.49. The van der Waals surface area contributed by atoms with Crippen LogP contribution in [0, 0.1) is 16.0 Å². The first kappa shape index (κ1) is 15.3. The van der Waals surface area contributed by atoms with Crippen LogP contribution >= 0.6 is 0 Å². The third-order valence-electron chi connectivity index (χ3n) is 2.20. The fourth-order valence-electron chi connectivity index (χ4n) is 1.25. The normalized spacial score (nSPS) is 13.6. The van der Waals surface area contributed by atoms with Crippen molar-refractivity contribution in [1.29, 1.82) is 0 Å². The summed E-state index contributed by atoms with van der Waals surface area (Å²) in [5, 5.41) is 10.6. The molecule has 0 aromatic heterocycles. The summed E-state index contributed by atoms with van der Waals surface area (Å²) < 4.78 is 9.36. The van der Waals surface area contributed by atoms with Crippen molar-refractivity contribution in [2.24, 2.45) is 5.92 Å². The van der Waals surface area contributed by atoms with Gasteiger partial charge in [0.1, 0.15) is 5.92 Å². The molecule has 98 valence electrons. The number of esters is 2. The highest BCUT2D eigenvalue weighted by Gasteiger charge is 2.36. The molecular weight excluding hydrogens is 230 g/mol. The molecule has 7 heteroatoms. The largest absolute Gasteiger partial charge is 0.466 e. The summed E-state index contributed by atoms with van der Waals surface area (Å²) in [6.07, 6.45) is -0.338. The summed E-state index contributed by atoms with van der Waals surface area (Å²) in [7, 11) is 0. The summed E-state index contributed by atoms with van der Waals surface area (Å²) in [5.41, 5.74) is 0. The number of nitrogens with zero attached hydrogens (tertiary/aromatic N) is 1. The average molecular weight is 247 g/mol. The summed E-state index contributed by atoms with van der Waals surface area (Å²) in [6.45, 7) is 4.76. The molecule has 0 aromatic rings. The number of nitro groups is 1. The Morgan fingerprint density at radius 3 is 2.18 bits per heavy atom. The summed E-state index contributed by atoms with van der Waals surface area (Å²) in [4.78, 5) is 32.8. The maximum absolute atomic E-state index is 11.5. The summed E-state index contributed by atoms with van der Waals surface area (Å²) in [6, 6.07) is -1.18. The van der Waals surface area contributed by atoms with Crippen molar-refractivity contribution >= 4 is 11.9 Å². The van der Waals surface area contributed by atoms with Gasteiger partial charge in [0.25, 0.3) is 0 Å². The number of hydrogen-bond acceptors (Lipinski definition) is 6. The predicted octanol–water partition coefficient (Wildman–Crippen LogP) is 0.784. The lowest BCUT2D eigenvalue weighted by Gasteiger charge is -2.15. The predicted molar refractivity (Wildman–Crippen MR) is 57.8 cm³/mol. The van der Waals surface area contributed by atoms with E-state index in [-0.39, 0.29) is 19.6 Å². The van der Waals surface area contributed by atoms with E-state index in [1.807, 2.05) is 0 Å². The Balaban J connectivity index is 4.67. The highest BCUT2D eigenvalue weighted by Crippen LogP contribution is 2.15. The maximum Gasteiger partial charge on any atom is 0.316 e. The number of carbonyl (C=O) groups is 2. The molecule has 0 radical (unpaired) electrons. The fourth-order valence-corrected chi connectivity index (χ4v) is 1.25. The molecule has 0 heterocycles. The molecule has 0 aliphatic rings. The second kappa shape index (κ2) is 7.59. The molecule has 2 atom stereocenters. The van der Waals surface area contributed by atoms with Crippen LogP contribution in [0.15, 0.2) is 0 Å². The molecule has 0 aliphatic carbocycles. The Morgan fingerprint density at radius 1 is 1.24 bits per heavy atom. The van der Waals surface area contributed by atoms with Crippen molar-refractivity contribution in [3.05, 3.63) is 10.1 Å². The third kappa shape index (κ3) is 5.28. The number of rotatable bonds is 7. The second-order valence-corrected chi connectivity index (χ2v) is 3.39. The van der Waals surface area contributed by atoms with Gasteiger partial charge in [0.05, 0.1) is 19.6 Å². The van der Waals surface area contributed by atoms with Crippen molar-refractivity contribution in [2.45, 2.75) is 33.2 Å². The van der Waals surface area contributed by atoms with E-state index in [4.69, 9.17) is 4.74 Å². The number of hydrogen-bond donors (Lipinski definition) is 0. The molecule has 17 heavy (non-hydrogen) atoms. The van der Waals surface area contributed by atoms with Crippen LogP contribution in [-0.2, 0) is 19.1 Å². The van der Waals surface area contributed by atoms with Gasteiger partial charge in [0, 0.05) is 11.8 Å². The van der Waals surface area contributed by atoms with E-state index >= 15 is 0 Å². The topological polar surface area (TPSA) is 95.7 Å². The smallest absolute Gasteiger partial charge is 0.316 e. The first-order chi connectivity index (χ1) is 7.93. The molecule has 0 saturated heterocycles. The monoisotopic (exact) mass is 247 g/mol. The zero-order valence-electron chi connectivity index (χ0n) is 10.2. The van der Waals surface area contributed by atoms with Crippen LogP contribution in [0.25, 0.3) is 0 Å². The van der Waals surface area contributed by atoms with E-state index in [2.05, 4.69) is 4.74 Å². The van der Waals surface area contributed by atoms with Crippen LogP contribution in [0.4, 0.5) is 0 Å². The van der Waals surface area contributed by atoms with Crippen molar-refractivity contribution in [3.63, 3.8) is 0 Å². The van der Waals surface area contributed by atoms with Gasteiger partial charge in [0.15, 0.2) is 0 Å². The molecule has 0 rings (SSSR count). The number of carbonyl (C=O) groups excluding carboxylic acids is 2. The van der Waals surface area contributed by atoms with Crippen molar-refractivity contribution in [2.75, 3.05) is 13.2 Å². The van der Waals surface area contributed by atoms with Gasteiger partial charge < -0.3 is 9.47 Å². The van der Waals surface area contributed by atoms with Crippen LogP contribution in [0.5, 0.6) is 0 Å². The molecule has 0 fully saturated rings. The van der Waals surface area contributed by atoms with Crippen molar-refractivity contribution < 1.29 is 24.0 Å². The molecule has 0 amide bonds. The zero-order chi connectivity index (χ0) is 13.4. The highest BCUT2D eigenvalue weighted by molar-refractivity contribution is 5.80. The van der Waals surface area contributed by atoms with Gasteiger partial charge >= 0.3 is 11.9 Å². The van der Waals surface area contributed by atoms with E-state index in [0.29, 0.717) is 0 Å². The Bertz CT molecular complexity index is 291. The lowest BCUT2D eigenvalue weighted by Crippen LogP contribution is -2.35. The van der Waals surface area contributed by atoms with Crippen LogP contribution in [0.2, 0.25) is 0 Å². The van der Waals surface area contributed by atoms with Gasteiger partial charge in [-0.1, -0.05) is 0 Å². The van der Waals surface area contributed by atoms with E-state index in [1.54, 1.807) is 13.8 Å². The average Bonchev–Trinajstić information content (AvgIpc) is 2.25. The molecule has 0 N–H and O–H groups in total. The van der Waals surface area contributed by atoms with Crippen LogP contribution < -0.4 is 0 Å². The van der Waals surface area contributed by atoms with E-state index in [0.717, 1.165) is 0 Å². The molecule has 0 spiro atoms. The first-order valence-electron chi connectivity index (χ1n) is 5.39. The minimum atomic E-state index is -1.18. The minimum Gasteiger partial charge on any atom is -0.466 e. The van der Waals surface area contributed by atoms with Crippen LogP contribution in [0.1, 0.15) is 27.2 Å². The van der Waals surface area contributed by atoms with E-state index in [9.17, 15) is 19.7 Å². The molecule has 0 bridgehead atoms. The van der Waals surface area contributed by atoms with E-state index < -0.39 is 28.8 Å². The Kier molecular flexibility index (Phi) is 6.85. The Morgan fingerprint density at radius 2 is 1.76 bits per heavy atom. The van der Waals surface area contributed by atoms with Gasteiger partial charge in [-0.3, -0.25) is 19.7 Å². The highest BCUT2D eigenvalue weighted by atomic mass is 16.6. The fraction of sp³-hybridized carbons (Fsp3) is 0.800. The van der Waals surface area contributed by atoms with Gasteiger partial charge in [-0.05, 0) is 13.8 Å². The molecule has 0 aliphatic heterocycles. The van der Waals surface area contributed by atoms with Crippen molar-refractivity contribution in [3.8, 4) is 0 Å². The standard InChI is InChI=1S/C10H17NO6/c1-4-16-9(12)6-8(7(3)11(14)15)10(13)17-5-2/h7-8H,4-6H2,1-3H3. The summed E-state index contributed by atoms with van der Waals surface area (Å²) >= 11 is 0. The molecule has 0 saturated carbocycles. The maximum atomic E-state index is 11.5. The molecule has 0 aromatic carbocycles. The van der Waals surface area contributed by atoms with Crippen LogP contribution in [-0.4, -0.2) is 36.1 Å². The first-order valence-corrected chi connectivity index (χ1v) is 5.39. The lowest BCUT2D eigenvalue weighted by molar-refractivity contribution is -0.525.